The van der Waals surface area contributed by atoms with E-state index in [0.29, 0.717) is 6.61 Å². The Morgan fingerprint density at radius 2 is 1.81 bits per heavy atom. The van der Waals surface area contributed by atoms with E-state index in [4.69, 9.17) is 14.5 Å². The number of methoxy groups -OCH3 is 1. The third-order valence-corrected chi connectivity index (χ3v) is 3.36. The van der Waals surface area contributed by atoms with Crippen LogP contribution >= 0.6 is 0 Å². The molecule has 0 amide bonds. The number of pyridine rings is 1. The van der Waals surface area contributed by atoms with E-state index in [1.54, 1.807) is 7.11 Å². The molecular weight excluding hydrogens is 262 g/mol. The lowest BCUT2D eigenvalue weighted by Gasteiger charge is -2.11. The number of ether oxygens (including phenoxy) is 2. The fourth-order valence-corrected chi connectivity index (χ4v) is 2.33. The maximum atomic E-state index is 5.62. The van der Waals surface area contributed by atoms with Crippen molar-refractivity contribution in [2.45, 2.75) is 6.92 Å². The standard InChI is InChI=1S/C18H17NO2/c1-3-21-18-12-14(9-11-17(18)20-2)16-10-8-13-6-4-5-7-15(13)19-16/h4-12H,3H2,1-2H3. The van der Waals surface area contributed by atoms with Crippen LogP contribution in [0.2, 0.25) is 0 Å². The van der Waals surface area contributed by atoms with E-state index in [1.807, 2.05) is 49.4 Å². The number of nitrogens with zero attached hydrogens (tertiary/aromatic N) is 1. The second-order valence-electron chi connectivity index (χ2n) is 4.69. The van der Waals surface area contributed by atoms with Gasteiger partial charge in [0.2, 0.25) is 0 Å². The number of benzene rings is 2. The first kappa shape index (κ1) is 13.4. The molecule has 0 aliphatic heterocycles. The lowest BCUT2D eigenvalue weighted by molar-refractivity contribution is 0.311. The summed E-state index contributed by atoms with van der Waals surface area (Å²) < 4.78 is 10.9. The van der Waals surface area contributed by atoms with Crippen LogP contribution in [0, 0.1) is 0 Å². The summed E-state index contributed by atoms with van der Waals surface area (Å²) in [5, 5.41) is 1.14. The number of rotatable bonds is 4. The number of fused-ring (bicyclic) bond motifs is 1. The van der Waals surface area contributed by atoms with E-state index in [0.717, 1.165) is 33.7 Å². The molecule has 0 fully saturated rings. The molecule has 0 aliphatic rings. The van der Waals surface area contributed by atoms with Crippen molar-refractivity contribution in [3.05, 3.63) is 54.6 Å². The highest BCUT2D eigenvalue weighted by atomic mass is 16.5. The zero-order valence-corrected chi connectivity index (χ0v) is 12.2. The van der Waals surface area contributed by atoms with Gasteiger partial charge in [0.1, 0.15) is 0 Å². The van der Waals surface area contributed by atoms with Gasteiger partial charge in [-0.25, -0.2) is 4.98 Å². The normalized spacial score (nSPS) is 10.6. The molecule has 0 radical (unpaired) electrons. The van der Waals surface area contributed by atoms with Gasteiger partial charge in [0.25, 0.3) is 0 Å². The Hall–Kier alpha value is -2.55. The minimum Gasteiger partial charge on any atom is -0.493 e. The Morgan fingerprint density at radius 1 is 0.952 bits per heavy atom. The summed E-state index contributed by atoms with van der Waals surface area (Å²) in [5.41, 5.74) is 2.94. The van der Waals surface area contributed by atoms with E-state index >= 15 is 0 Å². The van der Waals surface area contributed by atoms with Crippen molar-refractivity contribution in [2.75, 3.05) is 13.7 Å². The summed E-state index contributed by atoms with van der Waals surface area (Å²) in [6.45, 7) is 2.56. The molecule has 0 saturated carbocycles. The fraction of sp³-hybridized carbons (Fsp3) is 0.167. The second-order valence-corrected chi connectivity index (χ2v) is 4.69. The van der Waals surface area contributed by atoms with Crippen LogP contribution in [0.3, 0.4) is 0 Å². The van der Waals surface area contributed by atoms with Gasteiger partial charge in [0, 0.05) is 10.9 Å². The molecule has 0 N–H and O–H groups in total. The Labute approximate surface area is 124 Å². The molecule has 2 aromatic carbocycles. The first-order valence-electron chi connectivity index (χ1n) is 6.99. The molecule has 3 aromatic rings. The third kappa shape index (κ3) is 2.68. The Kier molecular flexibility index (Phi) is 3.73. The summed E-state index contributed by atoms with van der Waals surface area (Å²) in [6, 6.07) is 18.1. The summed E-state index contributed by atoms with van der Waals surface area (Å²) in [6.07, 6.45) is 0. The predicted octanol–water partition coefficient (Wildman–Crippen LogP) is 4.31. The van der Waals surface area contributed by atoms with Gasteiger partial charge in [-0.1, -0.05) is 24.3 Å². The van der Waals surface area contributed by atoms with E-state index in [-0.39, 0.29) is 0 Å². The molecule has 0 unspecified atom stereocenters. The quantitative estimate of drug-likeness (QED) is 0.713. The third-order valence-electron chi connectivity index (χ3n) is 3.36. The van der Waals surface area contributed by atoms with E-state index in [9.17, 15) is 0 Å². The molecule has 1 heterocycles. The molecule has 1 aromatic heterocycles. The number of hydrogen-bond acceptors (Lipinski definition) is 3. The maximum absolute atomic E-state index is 5.62. The highest BCUT2D eigenvalue weighted by molar-refractivity contribution is 5.81. The van der Waals surface area contributed by atoms with Crippen LogP contribution in [0.4, 0.5) is 0 Å². The summed E-state index contributed by atoms with van der Waals surface area (Å²) in [7, 11) is 1.64. The highest BCUT2D eigenvalue weighted by Crippen LogP contribution is 2.32. The lowest BCUT2D eigenvalue weighted by Crippen LogP contribution is -1.96. The smallest absolute Gasteiger partial charge is 0.161 e. The first-order chi connectivity index (χ1) is 10.3. The molecule has 21 heavy (non-hydrogen) atoms. The number of hydrogen-bond donors (Lipinski definition) is 0. The molecule has 0 atom stereocenters. The van der Waals surface area contributed by atoms with Crippen molar-refractivity contribution in [3.8, 4) is 22.8 Å². The number of para-hydroxylation sites is 1. The fourth-order valence-electron chi connectivity index (χ4n) is 2.33. The van der Waals surface area contributed by atoms with Crippen LogP contribution in [-0.4, -0.2) is 18.7 Å². The SMILES string of the molecule is CCOc1cc(-c2ccc3ccccc3n2)ccc1OC. The van der Waals surface area contributed by atoms with Gasteiger partial charge in [0.15, 0.2) is 11.5 Å². The van der Waals surface area contributed by atoms with E-state index in [1.165, 1.54) is 0 Å². The van der Waals surface area contributed by atoms with Crippen molar-refractivity contribution < 1.29 is 9.47 Å². The van der Waals surface area contributed by atoms with Crippen molar-refractivity contribution in [2.24, 2.45) is 0 Å². The molecule has 0 aliphatic carbocycles. The average Bonchev–Trinajstić information content (AvgIpc) is 2.54. The molecule has 3 nitrogen and oxygen atoms in total. The average molecular weight is 279 g/mol. The summed E-state index contributed by atoms with van der Waals surface area (Å²) >= 11 is 0. The number of aromatic nitrogens is 1. The first-order valence-corrected chi connectivity index (χ1v) is 6.99. The molecule has 3 rings (SSSR count). The predicted molar refractivity (Wildman–Crippen MR) is 84.9 cm³/mol. The Morgan fingerprint density at radius 3 is 2.62 bits per heavy atom. The Balaban J connectivity index is 2.07. The van der Waals surface area contributed by atoms with Crippen molar-refractivity contribution in [1.82, 2.24) is 4.98 Å². The zero-order valence-electron chi connectivity index (χ0n) is 12.2. The van der Waals surface area contributed by atoms with Crippen LogP contribution in [0.25, 0.3) is 22.2 Å². The lowest BCUT2D eigenvalue weighted by atomic mass is 10.1. The van der Waals surface area contributed by atoms with Gasteiger partial charge < -0.3 is 9.47 Å². The van der Waals surface area contributed by atoms with Crippen molar-refractivity contribution in [1.29, 1.82) is 0 Å². The Bertz CT molecular complexity index is 768. The van der Waals surface area contributed by atoms with E-state index in [2.05, 4.69) is 12.1 Å². The monoisotopic (exact) mass is 279 g/mol. The second kappa shape index (κ2) is 5.83. The topological polar surface area (TPSA) is 31.4 Å². The van der Waals surface area contributed by atoms with Gasteiger partial charge in [0.05, 0.1) is 24.9 Å². The van der Waals surface area contributed by atoms with Gasteiger partial charge in [-0.15, -0.1) is 0 Å². The van der Waals surface area contributed by atoms with Crippen LogP contribution in [0.5, 0.6) is 11.5 Å². The molecule has 0 spiro atoms. The summed E-state index contributed by atoms with van der Waals surface area (Å²) in [5.74, 6) is 1.48. The molecule has 3 heteroatoms. The molecular formula is C18H17NO2. The van der Waals surface area contributed by atoms with Crippen molar-refractivity contribution >= 4 is 10.9 Å². The van der Waals surface area contributed by atoms with Crippen LogP contribution in [-0.2, 0) is 0 Å². The van der Waals surface area contributed by atoms with Crippen LogP contribution in [0.15, 0.2) is 54.6 Å². The van der Waals surface area contributed by atoms with Gasteiger partial charge in [-0.2, -0.15) is 0 Å². The largest absolute Gasteiger partial charge is 0.493 e. The van der Waals surface area contributed by atoms with Gasteiger partial charge >= 0.3 is 0 Å². The van der Waals surface area contributed by atoms with Gasteiger partial charge in [-0.05, 0) is 37.3 Å². The van der Waals surface area contributed by atoms with Crippen LogP contribution < -0.4 is 9.47 Å². The van der Waals surface area contributed by atoms with Crippen molar-refractivity contribution in [3.63, 3.8) is 0 Å². The molecule has 106 valence electrons. The maximum Gasteiger partial charge on any atom is 0.161 e. The van der Waals surface area contributed by atoms with E-state index < -0.39 is 0 Å². The summed E-state index contributed by atoms with van der Waals surface area (Å²) in [4.78, 5) is 4.71. The molecule has 0 bridgehead atoms. The van der Waals surface area contributed by atoms with Crippen LogP contribution in [0.1, 0.15) is 6.92 Å². The molecule has 0 saturated heterocycles. The highest BCUT2D eigenvalue weighted by Gasteiger charge is 2.08. The van der Waals surface area contributed by atoms with Gasteiger partial charge in [-0.3, -0.25) is 0 Å². The minimum absolute atomic E-state index is 0.602. The zero-order chi connectivity index (χ0) is 14.7. The minimum atomic E-state index is 0.602.